The van der Waals surface area contributed by atoms with Gasteiger partial charge in [0.2, 0.25) is 5.91 Å². The Balaban J connectivity index is 1.92. The Morgan fingerprint density at radius 3 is 2.63 bits per heavy atom. The van der Waals surface area contributed by atoms with Gasteiger partial charge in [-0.3, -0.25) is 9.59 Å². The molecule has 1 saturated heterocycles. The van der Waals surface area contributed by atoms with Crippen LogP contribution in [0.3, 0.4) is 0 Å². The summed E-state index contributed by atoms with van der Waals surface area (Å²) >= 11 is 0. The second-order valence-electron chi connectivity index (χ2n) is 4.47. The number of benzene rings is 1. The predicted molar refractivity (Wildman–Crippen MR) is 71.1 cm³/mol. The molecule has 19 heavy (non-hydrogen) atoms. The molecule has 0 aliphatic carbocycles. The fourth-order valence-electron chi connectivity index (χ4n) is 2.16. The van der Waals surface area contributed by atoms with Crippen LogP contribution in [0.25, 0.3) is 0 Å². The van der Waals surface area contributed by atoms with Gasteiger partial charge in [0.1, 0.15) is 5.75 Å². The maximum absolute atomic E-state index is 12.0. The van der Waals surface area contributed by atoms with E-state index in [2.05, 4.69) is 5.32 Å². The minimum absolute atomic E-state index is 0.0271. The van der Waals surface area contributed by atoms with Crippen LogP contribution in [0.15, 0.2) is 24.3 Å². The number of para-hydroxylation sites is 1. The van der Waals surface area contributed by atoms with Crippen molar-refractivity contribution >= 4 is 11.8 Å². The minimum Gasteiger partial charge on any atom is -0.496 e. The minimum atomic E-state index is -0.287. The monoisotopic (exact) mass is 262 g/mol. The first-order valence-electron chi connectivity index (χ1n) is 6.41. The third-order valence-electron chi connectivity index (χ3n) is 3.21. The Morgan fingerprint density at radius 1 is 1.26 bits per heavy atom. The first-order valence-corrected chi connectivity index (χ1v) is 6.41. The van der Waals surface area contributed by atoms with Crippen molar-refractivity contribution in [2.24, 2.45) is 0 Å². The van der Waals surface area contributed by atoms with E-state index in [0.717, 1.165) is 25.9 Å². The van der Waals surface area contributed by atoms with E-state index in [-0.39, 0.29) is 18.4 Å². The van der Waals surface area contributed by atoms with E-state index in [1.165, 1.54) is 7.11 Å². The van der Waals surface area contributed by atoms with Gasteiger partial charge in [0.05, 0.1) is 19.2 Å². The van der Waals surface area contributed by atoms with Crippen molar-refractivity contribution < 1.29 is 14.3 Å². The molecular weight excluding hydrogens is 244 g/mol. The smallest absolute Gasteiger partial charge is 0.255 e. The molecule has 0 radical (unpaired) electrons. The van der Waals surface area contributed by atoms with Crippen molar-refractivity contribution in [1.29, 1.82) is 0 Å². The normalized spacial score (nSPS) is 14.3. The van der Waals surface area contributed by atoms with Crippen molar-refractivity contribution in [3.63, 3.8) is 0 Å². The highest BCUT2D eigenvalue weighted by molar-refractivity contribution is 5.98. The third kappa shape index (κ3) is 3.24. The Kier molecular flexibility index (Phi) is 4.39. The highest BCUT2D eigenvalue weighted by Crippen LogP contribution is 2.16. The average Bonchev–Trinajstić information content (AvgIpc) is 2.98. The van der Waals surface area contributed by atoms with Gasteiger partial charge in [0.15, 0.2) is 0 Å². The lowest BCUT2D eigenvalue weighted by Crippen LogP contribution is -2.38. The summed E-state index contributed by atoms with van der Waals surface area (Å²) < 4.78 is 5.12. The van der Waals surface area contributed by atoms with Crippen LogP contribution >= 0.6 is 0 Å². The largest absolute Gasteiger partial charge is 0.496 e. The van der Waals surface area contributed by atoms with Gasteiger partial charge < -0.3 is 15.0 Å². The number of ether oxygens (including phenoxy) is 1. The first-order chi connectivity index (χ1) is 9.22. The molecule has 5 nitrogen and oxygen atoms in total. The molecule has 2 rings (SSSR count). The van der Waals surface area contributed by atoms with E-state index in [4.69, 9.17) is 4.74 Å². The number of nitrogens with zero attached hydrogens (tertiary/aromatic N) is 1. The maximum Gasteiger partial charge on any atom is 0.255 e. The fourth-order valence-corrected chi connectivity index (χ4v) is 2.16. The summed E-state index contributed by atoms with van der Waals surface area (Å²) in [5.74, 6) is 0.194. The summed E-state index contributed by atoms with van der Waals surface area (Å²) in [6, 6.07) is 6.95. The van der Waals surface area contributed by atoms with Crippen LogP contribution < -0.4 is 10.1 Å². The topological polar surface area (TPSA) is 58.6 Å². The second-order valence-corrected chi connectivity index (χ2v) is 4.47. The number of methoxy groups -OCH3 is 1. The predicted octanol–water partition coefficient (Wildman–Crippen LogP) is 1.05. The zero-order valence-electron chi connectivity index (χ0n) is 11.0. The van der Waals surface area contributed by atoms with Crippen molar-refractivity contribution in [2.45, 2.75) is 12.8 Å². The van der Waals surface area contributed by atoms with Crippen molar-refractivity contribution in [1.82, 2.24) is 10.2 Å². The number of hydrogen-bond acceptors (Lipinski definition) is 3. The van der Waals surface area contributed by atoms with Crippen LogP contribution in [0.1, 0.15) is 23.2 Å². The summed E-state index contributed by atoms with van der Waals surface area (Å²) in [6.07, 6.45) is 2.10. The fraction of sp³-hybridized carbons (Fsp3) is 0.429. The quantitative estimate of drug-likeness (QED) is 0.882. The van der Waals surface area contributed by atoms with Gasteiger partial charge in [0.25, 0.3) is 5.91 Å². The molecule has 1 aliphatic heterocycles. The zero-order valence-corrected chi connectivity index (χ0v) is 11.0. The van der Waals surface area contributed by atoms with Crippen LogP contribution in [-0.2, 0) is 4.79 Å². The molecule has 1 aromatic rings. The first kappa shape index (κ1) is 13.4. The Hall–Kier alpha value is -2.04. The molecule has 1 heterocycles. The SMILES string of the molecule is COc1ccccc1C(=O)NCC(=O)N1CCCC1. The van der Waals surface area contributed by atoms with Gasteiger partial charge in [-0.05, 0) is 25.0 Å². The molecule has 1 fully saturated rings. The summed E-state index contributed by atoms with van der Waals surface area (Å²) in [7, 11) is 1.52. The van der Waals surface area contributed by atoms with Crippen LogP contribution in [0.2, 0.25) is 0 Å². The van der Waals surface area contributed by atoms with E-state index >= 15 is 0 Å². The molecule has 0 atom stereocenters. The lowest BCUT2D eigenvalue weighted by molar-refractivity contribution is -0.129. The molecule has 5 heteroatoms. The summed E-state index contributed by atoms with van der Waals surface area (Å²) in [6.45, 7) is 1.63. The van der Waals surface area contributed by atoms with Crippen LogP contribution in [0.5, 0.6) is 5.75 Å². The Bertz CT molecular complexity index is 468. The van der Waals surface area contributed by atoms with Crippen molar-refractivity contribution in [3.05, 3.63) is 29.8 Å². The van der Waals surface area contributed by atoms with E-state index < -0.39 is 0 Å². The van der Waals surface area contributed by atoms with Gasteiger partial charge in [-0.1, -0.05) is 12.1 Å². The maximum atomic E-state index is 12.0. The van der Waals surface area contributed by atoms with Gasteiger partial charge in [-0.2, -0.15) is 0 Å². The van der Waals surface area contributed by atoms with Gasteiger partial charge in [0, 0.05) is 13.1 Å². The number of carbonyl (C=O) groups excluding carboxylic acids is 2. The Labute approximate surface area is 112 Å². The number of amides is 2. The number of carbonyl (C=O) groups is 2. The number of hydrogen-bond donors (Lipinski definition) is 1. The third-order valence-corrected chi connectivity index (χ3v) is 3.21. The Morgan fingerprint density at radius 2 is 1.95 bits per heavy atom. The molecular formula is C14H18N2O3. The van der Waals surface area contributed by atoms with Gasteiger partial charge in [-0.15, -0.1) is 0 Å². The number of likely N-dealkylation sites (tertiary alicyclic amines) is 1. The molecule has 1 aliphatic rings. The van der Waals surface area contributed by atoms with E-state index in [0.29, 0.717) is 11.3 Å². The lowest BCUT2D eigenvalue weighted by Gasteiger charge is -2.15. The highest BCUT2D eigenvalue weighted by Gasteiger charge is 2.19. The van der Waals surface area contributed by atoms with E-state index in [1.807, 2.05) is 0 Å². The standard InChI is InChI=1S/C14H18N2O3/c1-19-12-7-3-2-6-11(12)14(18)15-10-13(17)16-8-4-5-9-16/h2-3,6-7H,4-5,8-10H2,1H3,(H,15,18). The molecule has 2 amide bonds. The van der Waals surface area contributed by atoms with Gasteiger partial charge >= 0.3 is 0 Å². The van der Waals surface area contributed by atoms with Gasteiger partial charge in [-0.25, -0.2) is 0 Å². The molecule has 0 spiro atoms. The van der Waals surface area contributed by atoms with Crippen LogP contribution in [0, 0.1) is 0 Å². The van der Waals surface area contributed by atoms with Crippen LogP contribution in [0.4, 0.5) is 0 Å². The highest BCUT2D eigenvalue weighted by atomic mass is 16.5. The number of rotatable bonds is 4. The summed E-state index contributed by atoms with van der Waals surface area (Å²) in [5, 5.41) is 2.64. The molecule has 102 valence electrons. The molecule has 0 saturated carbocycles. The molecule has 1 aromatic carbocycles. The number of nitrogens with one attached hydrogen (secondary N) is 1. The summed E-state index contributed by atoms with van der Waals surface area (Å²) in [5.41, 5.74) is 0.444. The van der Waals surface area contributed by atoms with Crippen LogP contribution in [-0.4, -0.2) is 43.5 Å². The average molecular weight is 262 g/mol. The van der Waals surface area contributed by atoms with E-state index in [9.17, 15) is 9.59 Å². The molecule has 1 N–H and O–H groups in total. The van der Waals surface area contributed by atoms with E-state index in [1.54, 1.807) is 29.2 Å². The van der Waals surface area contributed by atoms with Crippen molar-refractivity contribution in [2.75, 3.05) is 26.7 Å². The summed E-state index contributed by atoms with van der Waals surface area (Å²) in [4.78, 5) is 25.6. The molecule has 0 aromatic heterocycles. The second kappa shape index (κ2) is 6.22. The molecule has 0 bridgehead atoms. The zero-order chi connectivity index (χ0) is 13.7. The van der Waals surface area contributed by atoms with Crippen molar-refractivity contribution in [3.8, 4) is 5.75 Å². The lowest BCUT2D eigenvalue weighted by atomic mass is 10.2. The molecule has 0 unspecified atom stereocenters.